The lowest BCUT2D eigenvalue weighted by atomic mass is 10.2. The van der Waals surface area contributed by atoms with Crippen molar-refractivity contribution in [2.75, 3.05) is 26.9 Å². The molecule has 0 rings (SSSR count). The number of aliphatic hydroxyl groups is 1. The Hall–Kier alpha value is -0.120. The van der Waals surface area contributed by atoms with Gasteiger partial charge in [0.25, 0.3) is 0 Å². The zero-order valence-electron chi connectivity index (χ0n) is 8.18. The Morgan fingerprint density at radius 1 is 1.42 bits per heavy atom. The molecule has 0 amide bonds. The molecule has 2 N–H and O–H groups in total. The topological polar surface area (TPSA) is 41.5 Å². The lowest BCUT2D eigenvalue weighted by molar-refractivity contribution is 0.193. The van der Waals surface area contributed by atoms with E-state index in [-0.39, 0.29) is 0 Å². The van der Waals surface area contributed by atoms with Gasteiger partial charge in [-0.25, -0.2) is 0 Å². The van der Waals surface area contributed by atoms with E-state index in [1.165, 1.54) is 0 Å². The number of hydrogen-bond acceptors (Lipinski definition) is 3. The number of methoxy groups -OCH3 is 1. The quantitative estimate of drug-likeness (QED) is 0.535. The SMILES string of the molecule is COCCCNC(C)CCCO. The van der Waals surface area contributed by atoms with Crippen LogP contribution in [0, 0.1) is 0 Å². The minimum Gasteiger partial charge on any atom is -0.396 e. The van der Waals surface area contributed by atoms with Crippen molar-refractivity contribution in [2.24, 2.45) is 0 Å². The van der Waals surface area contributed by atoms with Crippen molar-refractivity contribution in [3.8, 4) is 0 Å². The van der Waals surface area contributed by atoms with Gasteiger partial charge in [-0.3, -0.25) is 0 Å². The van der Waals surface area contributed by atoms with E-state index < -0.39 is 0 Å². The third-order valence-corrected chi connectivity index (χ3v) is 1.81. The monoisotopic (exact) mass is 175 g/mol. The molecule has 0 spiro atoms. The Balaban J connectivity index is 3.02. The molecular formula is C9H21NO2. The molecule has 0 saturated carbocycles. The molecule has 0 aromatic carbocycles. The number of hydrogen-bond donors (Lipinski definition) is 2. The standard InChI is InChI=1S/C9H21NO2/c1-9(5-3-7-11)10-6-4-8-12-2/h9-11H,3-8H2,1-2H3. The van der Waals surface area contributed by atoms with Crippen LogP contribution < -0.4 is 5.32 Å². The van der Waals surface area contributed by atoms with Crippen LogP contribution >= 0.6 is 0 Å². The minimum absolute atomic E-state index is 0.296. The molecular weight excluding hydrogens is 154 g/mol. The van der Waals surface area contributed by atoms with Crippen molar-refractivity contribution in [3.63, 3.8) is 0 Å². The predicted molar refractivity (Wildman–Crippen MR) is 50.3 cm³/mol. The molecule has 0 bridgehead atoms. The van der Waals surface area contributed by atoms with Gasteiger partial charge >= 0.3 is 0 Å². The molecule has 12 heavy (non-hydrogen) atoms. The Kier molecular flexibility index (Phi) is 8.88. The van der Waals surface area contributed by atoms with Crippen LogP contribution in [-0.2, 0) is 4.74 Å². The van der Waals surface area contributed by atoms with Crippen LogP contribution in [0.1, 0.15) is 26.2 Å². The van der Waals surface area contributed by atoms with E-state index in [1.54, 1.807) is 7.11 Å². The smallest absolute Gasteiger partial charge is 0.0474 e. The van der Waals surface area contributed by atoms with E-state index in [9.17, 15) is 0 Å². The first-order valence-electron chi connectivity index (χ1n) is 4.64. The average Bonchev–Trinajstić information content (AvgIpc) is 2.09. The van der Waals surface area contributed by atoms with Gasteiger partial charge in [0.15, 0.2) is 0 Å². The van der Waals surface area contributed by atoms with Crippen molar-refractivity contribution in [2.45, 2.75) is 32.2 Å². The maximum atomic E-state index is 8.58. The summed E-state index contributed by atoms with van der Waals surface area (Å²) in [5.74, 6) is 0. The van der Waals surface area contributed by atoms with Gasteiger partial charge in [0.05, 0.1) is 0 Å². The molecule has 0 saturated heterocycles. The second kappa shape index (κ2) is 8.97. The molecule has 0 heterocycles. The predicted octanol–water partition coefficient (Wildman–Crippen LogP) is 0.773. The van der Waals surface area contributed by atoms with Gasteiger partial charge in [-0.15, -0.1) is 0 Å². The first kappa shape index (κ1) is 11.9. The van der Waals surface area contributed by atoms with Crippen molar-refractivity contribution in [3.05, 3.63) is 0 Å². The largest absolute Gasteiger partial charge is 0.396 e. The Morgan fingerprint density at radius 3 is 2.75 bits per heavy atom. The lowest BCUT2D eigenvalue weighted by Gasteiger charge is -2.12. The Morgan fingerprint density at radius 2 is 2.17 bits per heavy atom. The highest BCUT2D eigenvalue weighted by molar-refractivity contribution is 4.59. The number of rotatable bonds is 8. The highest BCUT2D eigenvalue weighted by atomic mass is 16.5. The summed E-state index contributed by atoms with van der Waals surface area (Å²) >= 11 is 0. The summed E-state index contributed by atoms with van der Waals surface area (Å²) in [6, 6.07) is 0.508. The van der Waals surface area contributed by atoms with Gasteiger partial charge in [0.2, 0.25) is 0 Å². The molecule has 1 atom stereocenters. The first-order chi connectivity index (χ1) is 5.81. The maximum absolute atomic E-state index is 8.58. The fourth-order valence-corrected chi connectivity index (χ4v) is 1.06. The minimum atomic E-state index is 0.296. The van der Waals surface area contributed by atoms with E-state index in [2.05, 4.69) is 12.2 Å². The highest BCUT2D eigenvalue weighted by Crippen LogP contribution is 1.94. The fourth-order valence-electron chi connectivity index (χ4n) is 1.06. The van der Waals surface area contributed by atoms with Gasteiger partial charge in [0.1, 0.15) is 0 Å². The molecule has 3 heteroatoms. The summed E-state index contributed by atoms with van der Waals surface area (Å²) in [6.07, 6.45) is 2.99. The highest BCUT2D eigenvalue weighted by Gasteiger charge is 1.98. The maximum Gasteiger partial charge on any atom is 0.0474 e. The summed E-state index contributed by atoms with van der Waals surface area (Å²) in [7, 11) is 1.72. The summed E-state index contributed by atoms with van der Waals surface area (Å²) in [5.41, 5.74) is 0. The first-order valence-corrected chi connectivity index (χ1v) is 4.64. The molecule has 1 unspecified atom stereocenters. The van der Waals surface area contributed by atoms with Gasteiger partial charge in [-0.2, -0.15) is 0 Å². The van der Waals surface area contributed by atoms with Crippen molar-refractivity contribution >= 4 is 0 Å². The normalized spacial score (nSPS) is 13.2. The Labute approximate surface area is 75.1 Å². The summed E-state index contributed by atoms with van der Waals surface area (Å²) in [4.78, 5) is 0. The van der Waals surface area contributed by atoms with Crippen LogP contribution in [0.4, 0.5) is 0 Å². The van der Waals surface area contributed by atoms with Gasteiger partial charge < -0.3 is 15.2 Å². The zero-order chi connectivity index (χ0) is 9.23. The molecule has 0 fully saturated rings. The van der Waals surface area contributed by atoms with E-state index in [4.69, 9.17) is 9.84 Å². The number of ether oxygens (including phenoxy) is 1. The van der Waals surface area contributed by atoms with Crippen LogP contribution in [0.2, 0.25) is 0 Å². The molecule has 0 aliphatic heterocycles. The second-order valence-electron chi connectivity index (χ2n) is 3.07. The van der Waals surface area contributed by atoms with Gasteiger partial charge in [-0.05, 0) is 32.7 Å². The molecule has 0 radical (unpaired) electrons. The van der Waals surface area contributed by atoms with Gasteiger partial charge in [0, 0.05) is 26.4 Å². The Bertz CT molecular complexity index is 88.6. The third kappa shape index (κ3) is 7.98. The van der Waals surface area contributed by atoms with E-state index >= 15 is 0 Å². The summed E-state index contributed by atoms with van der Waals surface area (Å²) in [6.45, 7) is 4.26. The van der Waals surface area contributed by atoms with Crippen LogP contribution in [0.15, 0.2) is 0 Å². The molecule has 3 nitrogen and oxygen atoms in total. The van der Waals surface area contributed by atoms with Crippen LogP contribution in [0.25, 0.3) is 0 Å². The van der Waals surface area contributed by atoms with E-state index in [0.29, 0.717) is 12.6 Å². The summed E-state index contributed by atoms with van der Waals surface area (Å²) in [5, 5.41) is 11.9. The van der Waals surface area contributed by atoms with E-state index in [0.717, 1.165) is 32.4 Å². The molecule has 0 aromatic rings. The number of nitrogens with one attached hydrogen (secondary N) is 1. The average molecular weight is 175 g/mol. The summed E-state index contributed by atoms with van der Waals surface area (Å²) < 4.78 is 4.92. The van der Waals surface area contributed by atoms with Crippen molar-refractivity contribution < 1.29 is 9.84 Å². The van der Waals surface area contributed by atoms with Crippen LogP contribution in [0.5, 0.6) is 0 Å². The third-order valence-electron chi connectivity index (χ3n) is 1.81. The fraction of sp³-hybridized carbons (Fsp3) is 1.00. The lowest BCUT2D eigenvalue weighted by Crippen LogP contribution is -2.27. The zero-order valence-corrected chi connectivity index (χ0v) is 8.18. The molecule has 0 aliphatic rings. The van der Waals surface area contributed by atoms with Crippen molar-refractivity contribution in [1.82, 2.24) is 5.32 Å². The second-order valence-corrected chi connectivity index (χ2v) is 3.07. The van der Waals surface area contributed by atoms with Crippen LogP contribution in [0.3, 0.4) is 0 Å². The van der Waals surface area contributed by atoms with Crippen LogP contribution in [-0.4, -0.2) is 38.0 Å². The molecule has 0 aliphatic carbocycles. The van der Waals surface area contributed by atoms with Gasteiger partial charge in [-0.1, -0.05) is 0 Å². The molecule has 74 valence electrons. The van der Waals surface area contributed by atoms with E-state index in [1.807, 2.05) is 0 Å². The number of aliphatic hydroxyl groups excluding tert-OH is 1. The molecule has 0 aromatic heterocycles. The van der Waals surface area contributed by atoms with Crippen molar-refractivity contribution in [1.29, 1.82) is 0 Å².